The Balaban J connectivity index is 1.38. The van der Waals surface area contributed by atoms with E-state index in [9.17, 15) is 4.39 Å². The van der Waals surface area contributed by atoms with Gasteiger partial charge in [0.05, 0.1) is 29.5 Å². The summed E-state index contributed by atoms with van der Waals surface area (Å²) in [6, 6.07) is 3.19. The Hall–Kier alpha value is -2.54. The van der Waals surface area contributed by atoms with Crippen molar-refractivity contribution in [1.29, 1.82) is 0 Å². The van der Waals surface area contributed by atoms with Crippen LogP contribution in [-0.2, 0) is 10.3 Å². The molecule has 2 fully saturated rings. The van der Waals surface area contributed by atoms with Crippen molar-refractivity contribution in [3.8, 4) is 0 Å². The molecule has 0 saturated heterocycles. The molecular formula is C18H18FN5O. The van der Waals surface area contributed by atoms with Crippen molar-refractivity contribution in [2.45, 2.75) is 25.3 Å². The van der Waals surface area contributed by atoms with Crippen molar-refractivity contribution in [3.05, 3.63) is 42.1 Å². The van der Waals surface area contributed by atoms with Crippen LogP contribution in [0, 0.1) is 18.2 Å². The number of nitrogens with one attached hydrogen (secondary N) is 1. The van der Waals surface area contributed by atoms with Crippen LogP contribution in [0.4, 0.5) is 16.0 Å². The van der Waals surface area contributed by atoms with Crippen molar-refractivity contribution in [2.24, 2.45) is 5.41 Å². The van der Waals surface area contributed by atoms with Crippen LogP contribution in [0.5, 0.6) is 0 Å². The summed E-state index contributed by atoms with van der Waals surface area (Å²) >= 11 is 0. The number of benzene rings is 1. The molecule has 0 aliphatic heterocycles. The Morgan fingerprint density at radius 3 is 2.96 bits per heavy atom. The first-order chi connectivity index (χ1) is 12.1. The molecule has 2 aliphatic rings. The van der Waals surface area contributed by atoms with Crippen LogP contribution in [0.2, 0.25) is 0 Å². The van der Waals surface area contributed by atoms with Crippen molar-refractivity contribution in [1.82, 2.24) is 19.7 Å². The summed E-state index contributed by atoms with van der Waals surface area (Å²) in [4.78, 5) is 8.71. The quantitative estimate of drug-likeness (QED) is 0.773. The lowest BCUT2D eigenvalue weighted by molar-refractivity contribution is 0.164. The molecule has 5 rings (SSSR count). The van der Waals surface area contributed by atoms with E-state index in [1.807, 2.05) is 10.9 Å². The van der Waals surface area contributed by atoms with E-state index in [2.05, 4.69) is 20.4 Å². The Labute approximate surface area is 144 Å². The Kier molecular flexibility index (Phi) is 2.81. The zero-order valence-corrected chi connectivity index (χ0v) is 14.1. The highest BCUT2D eigenvalue weighted by Crippen LogP contribution is 2.83. The molecule has 1 aromatic carbocycles. The molecule has 3 aromatic rings. The van der Waals surface area contributed by atoms with Gasteiger partial charge in [0.25, 0.3) is 0 Å². The maximum atomic E-state index is 13.7. The fourth-order valence-corrected chi connectivity index (χ4v) is 3.88. The summed E-state index contributed by atoms with van der Waals surface area (Å²) in [5, 5.41) is 8.46. The van der Waals surface area contributed by atoms with Crippen LogP contribution in [0.1, 0.15) is 18.4 Å². The van der Waals surface area contributed by atoms with Crippen LogP contribution in [0.3, 0.4) is 0 Å². The first-order valence-electron chi connectivity index (χ1n) is 8.29. The molecule has 6 nitrogen and oxygen atoms in total. The summed E-state index contributed by atoms with van der Waals surface area (Å²) in [7, 11) is 1.74. The second-order valence-corrected chi connectivity index (χ2v) is 7.25. The lowest BCUT2D eigenvalue weighted by Gasteiger charge is -2.05. The summed E-state index contributed by atoms with van der Waals surface area (Å²) in [6.45, 7) is 2.52. The topological polar surface area (TPSA) is 64.9 Å². The smallest absolute Gasteiger partial charge is 0.227 e. The van der Waals surface area contributed by atoms with Crippen molar-refractivity contribution >= 4 is 22.5 Å². The molecule has 0 bridgehead atoms. The molecule has 0 radical (unpaired) electrons. The summed E-state index contributed by atoms with van der Waals surface area (Å²) in [5.74, 6) is 0.170. The fourth-order valence-electron chi connectivity index (χ4n) is 3.88. The third-order valence-electron chi connectivity index (χ3n) is 5.56. The van der Waals surface area contributed by atoms with Gasteiger partial charge in [0.15, 0.2) is 0 Å². The molecule has 2 aliphatic carbocycles. The number of fused-ring (bicyclic) bond motifs is 2. The lowest BCUT2D eigenvalue weighted by atomic mass is 10.1. The normalized spacial score (nSPS) is 26.5. The number of rotatable bonds is 5. The van der Waals surface area contributed by atoms with Gasteiger partial charge in [-0.3, -0.25) is 4.68 Å². The van der Waals surface area contributed by atoms with Gasteiger partial charge in [-0.05, 0) is 31.4 Å². The number of aryl methyl sites for hydroxylation is 1. The Morgan fingerprint density at radius 2 is 2.16 bits per heavy atom. The van der Waals surface area contributed by atoms with Gasteiger partial charge in [-0.2, -0.15) is 5.10 Å². The van der Waals surface area contributed by atoms with Gasteiger partial charge in [0, 0.05) is 36.4 Å². The van der Waals surface area contributed by atoms with Crippen LogP contribution in [0.25, 0.3) is 10.9 Å². The van der Waals surface area contributed by atoms with Gasteiger partial charge in [-0.1, -0.05) is 0 Å². The molecule has 2 heterocycles. The average molecular weight is 339 g/mol. The molecular weight excluding hydrogens is 321 g/mol. The minimum Gasteiger partial charge on any atom is -0.384 e. The molecule has 0 atom stereocenters. The molecule has 0 spiro atoms. The molecule has 0 amide bonds. The summed E-state index contributed by atoms with van der Waals surface area (Å²) in [6.07, 6.45) is 7.70. The van der Waals surface area contributed by atoms with Crippen molar-refractivity contribution in [2.75, 3.05) is 19.0 Å². The molecule has 2 aromatic heterocycles. The lowest BCUT2D eigenvalue weighted by Crippen LogP contribution is -2.07. The fraction of sp³-hybridized carbons (Fsp3) is 0.389. The van der Waals surface area contributed by atoms with E-state index in [1.54, 1.807) is 32.5 Å². The van der Waals surface area contributed by atoms with E-state index < -0.39 is 0 Å². The second-order valence-electron chi connectivity index (χ2n) is 7.25. The zero-order chi connectivity index (χ0) is 17.2. The van der Waals surface area contributed by atoms with E-state index in [4.69, 9.17) is 4.74 Å². The zero-order valence-electron chi connectivity index (χ0n) is 14.1. The van der Waals surface area contributed by atoms with E-state index in [0.29, 0.717) is 22.4 Å². The minimum atomic E-state index is -0.263. The van der Waals surface area contributed by atoms with Crippen LogP contribution >= 0.6 is 0 Å². The van der Waals surface area contributed by atoms with Gasteiger partial charge in [0.2, 0.25) is 5.95 Å². The van der Waals surface area contributed by atoms with Crippen LogP contribution in [-0.4, -0.2) is 33.5 Å². The maximum Gasteiger partial charge on any atom is 0.227 e. The number of methoxy groups -OCH3 is 1. The standard InChI is InChI=1S/C18H18FN5O/c1-11-3-12-5-20-16(23-15(12)4-14(11)19)22-13-6-21-24(7-13)18-8-17(18,9-18)10-25-2/h3-7H,8-10H2,1-2H3,(H,20,22,23). The summed E-state index contributed by atoms with van der Waals surface area (Å²) in [5.41, 5.74) is 2.43. The molecule has 0 unspecified atom stereocenters. The number of hydrogen-bond acceptors (Lipinski definition) is 5. The van der Waals surface area contributed by atoms with Crippen molar-refractivity contribution in [3.63, 3.8) is 0 Å². The van der Waals surface area contributed by atoms with Gasteiger partial charge in [-0.15, -0.1) is 0 Å². The number of nitrogens with zero attached hydrogens (tertiary/aromatic N) is 4. The maximum absolute atomic E-state index is 13.7. The van der Waals surface area contributed by atoms with Crippen LogP contribution < -0.4 is 5.32 Å². The Morgan fingerprint density at radius 1 is 1.32 bits per heavy atom. The second kappa shape index (κ2) is 4.76. The monoisotopic (exact) mass is 339 g/mol. The van der Waals surface area contributed by atoms with Crippen LogP contribution in [0.15, 0.2) is 30.7 Å². The SMILES string of the molecule is COCC12CC1(n1cc(Nc3ncc4cc(C)c(F)cc4n3)cn1)C2. The Bertz CT molecular complexity index is 992. The highest BCUT2D eigenvalue weighted by Gasteiger charge is 2.85. The average Bonchev–Trinajstić information content (AvgIpc) is 3.29. The van der Waals surface area contributed by atoms with Crippen molar-refractivity contribution < 1.29 is 9.13 Å². The molecule has 7 heteroatoms. The molecule has 128 valence electrons. The highest BCUT2D eigenvalue weighted by molar-refractivity contribution is 5.80. The van der Waals surface area contributed by atoms with E-state index >= 15 is 0 Å². The van der Waals surface area contributed by atoms with E-state index in [1.165, 1.54) is 6.07 Å². The molecule has 1 N–H and O–H groups in total. The van der Waals surface area contributed by atoms with Gasteiger partial charge >= 0.3 is 0 Å². The molecule has 25 heavy (non-hydrogen) atoms. The predicted octanol–water partition coefficient (Wildman–Crippen LogP) is 3.15. The largest absolute Gasteiger partial charge is 0.384 e. The number of hydrogen-bond donors (Lipinski definition) is 1. The van der Waals surface area contributed by atoms with Gasteiger partial charge < -0.3 is 10.1 Å². The predicted molar refractivity (Wildman–Crippen MR) is 91.3 cm³/mol. The van der Waals surface area contributed by atoms with Gasteiger partial charge in [0.1, 0.15) is 5.82 Å². The van der Waals surface area contributed by atoms with Gasteiger partial charge in [-0.25, -0.2) is 14.4 Å². The van der Waals surface area contributed by atoms with E-state index in [0.717, 1.165) is 30.5 Å². The first kappa shape index (κ1) is 14.8. The first-order valence-corrected chi connectivity index (χ1v) is 8.29. The number of anilines is 2. The highest BCUT2D eigenvalue weighted by atomic mass is 19.1. The third kappa shape index (κ3) is 2.08. The number of aromatic nitrogens is 4. The summed E-state index contributed by atoms with van der Waals surface area (Å²) < 4.78 is 21.1. The number of halogens is 1. The molecule has 2 saturated carbocycles. The number of ether oxygens (including phenoxy) is 1. The minimum absolute atomic E-state index is 0.147. The third-order valence-corrected chi connectivity index (χ3v) is 5.56. The van der Waals surface area contributed by atoms with E-state index in [-0.39, 0.29) is 11.4 Å².